The van der Waals surface area contributed by atoms with Crippen LogP contribution in [0.4, 0.5) is 5.69 Å². The largest absolute Gasteiger partial charge is 0.484 e. The van der Waals surface area contributed by atoms with E-state index in [2.05, 4.69) is 10.3 Å². The first-order chi connectivity index (χ1) is 22.1. The Kier molecular flexibility index (Phi) is 7.71. The van der Waals surface area contributed by atoms with E-state index in [1.165, 1.54) is 0 Å². The summed E-state index contributed by atoms with van der Waals surface area (Å²) in [5.41, 5.74) is 1.81. The van der Waals surface area contributed by atoms with E-state index >= 15 is 0 Å². The Morgan fingerprint density at radius 3 is 2.37 bits per heavy atom. The molecule has 238 valence electrons. The van der Waals surface area contributed by atoms with E-state index in [1.807, 2.05) is 12.1 Å². The molecule has 2 aliphatic heterocycles. The first-order valence-electron chi connectivity index (χ1n) is 14.9. The predicted octanol–water partition coefficient (Wildman–Crippen LogP) is 3.19. The molecule has 7 atom stereocenters. The monoisotopic (exact) mass is 663 g/mol. The van der Waals surface area contributed by atoms with Crippen LogP contribution >= 0.6 is 23.1 Å². The number of thioether (sulfide) groups is 1. The van der Waals surface area contributed by atoms with Crippen LogP contribution < -0.4 is 14.9 Å². The molecule has 46 heavy (non-hydrogen) atoms. The number of nitrogens with zero attached hydrogens (tertiary/aromatic N) is 1. The van der Waals surface area contributed by atoms with Gasteiger partial charge in [0.1, 0.15) is 12.3 Å². The van der Waals surface area contributed by atoms with E-state index in [1.54, 1.807) is 55.1 Å². The number of fused-ring (bicyclic) bond motifs is 9. The Morgan fingerprint density at radius 1 is 1.00 bits per heavy atom. The zero-order valence-corrected chi connectivity index (χ0v) is 26.1. The third-order valence-corrected chi connectivity index (χ3v) is 12.0. The van der Waals surface area contributed by atoms with Gasteiger partial charge in [0.05, 0.1) is 29.0 Å². The summed E-state index contributed by atoms with van der Waals surface area (Å²) in [6, 6.07) is 13.7. The minimum absolute atomic E-state index is 0.0125. The number of aliphatic carboxylic acids is 1. The molecular formula is C32H29N3O9S2. The molecule has 2 aromatic carbocycles. The lowest BCUT2D eigenvalue weighted by atomic mass is 9.68. The molecule has 4 aliphatic rings. The van der Waals surface area contributed by atoms with Gasteiger partial charge in [-0.2, -0.15) is 0 Å². The van der Waals surface area contributed by atoms with Crippen molar-refractivity contribution in [1.82, 2.24) is 9.88 Å². The Hall–Kier alpha value is -4.43. The van der Waals surface area contributed by atoms with Crippen molar-refractivity contribution in [3.8, 4) is 5.75 Å². The predicted molar refractivity (Wildman–Crippen MR) is 166 cm³/mol. The van der Waals surface area contributed by atoms with Crippen LogP contribution in [-0.4, -0.2) is 69.7 Å². The first-order valence-corrected chi connectivity index (χ1v) is 16.6. The lowest BCUT2D eigenvalue weighted by Gasteiger charge is -2.43. The quantitative estimate of drug-likeness (QED) is 0.228. The number of H-pyrrole nitrogens is 1. The average molecular weight is 664 g/mol. The standard InChI is InChI=1S/C32H29N3O9S2/c1-2-43-31(41)15-3-7-16(8-4-15)33-20(36)13-44-17-9-5-14(6-10-17)22-23-18-11-19(26(23)45-28-27(22)46-32(42)34-28)25-24(18)29(39)35(30(25)40)12-21(37)38/h3-10,18-19,22-26H,2,11-13H2,1H3,(H,33,36)(H,34,42)(H,37,38)/t18?,19?,22-,23?,24?,25?,26?/m1/s1. The van der Waals surface area contributed by atoms with Crippen LogP contribution in [0.5, 0.6) is 5.75 Å². The fourth-order valence-electron chi connectivity index (χ4n) is 7.76. The number of anilines is 1. The SMILES string of the molecule is CCOC(=O)c1ccc(NC(=O)COc2ccc([C@H]3c4sc(=O)[nH]c4SC4C5CC(C6C(=O)N(CC(=O)O)C(=O)C56)C43)cc2)cc1. The van der Waals surface area contributed by atoms with Gasteiger partial charge < -0.3 is 24.9 Å². The molecule has 3 heterocycles. The number of benzene rings is 2. The van der Waals surface area contributed by atoms with E-state index in [4.69, 9.17) is 9.47 Å². The maximum absolute atomic E-state index is 13.4. The van der Waals surface area contributed by atoms with Crippen LogP contribution in [0.25, 0.3) is 0 Å². The molecule has 3 amide bonds. The van der Waals surface area contributed by atoms with Crippen molar-refractivity contribution in [2.75, 3.05) is 25.1 Å². The number of nitrogens with one attached hydrogen (secondary N) is 2. The number of ether oxygens (including phenoxy) is 2. The number of imide groups is 1. The number of likely N-dealkylation sites (tertiary alicyclic amines) is 1. The van der Waals surface area contributed by atoms with Gasteiger partial charge in [0.25, 0.3) is 5.91 Å². The molecule has 0 radical (unpaired) electrons. The highest BCUT2D eigenvalue weighted by atomic mass is 32.2. The number of aromatic nitrogens is 1. The zero-order valence-electron chi connectivity index (χ0n) is 24.5. The second kappa shape index (κ2) is 11.7. The number of thiazole rings is 1. The minimum Gasteiger partial charge on any atom is -0.484 e. The second-order valence-electron chi connectivity index (χ2n) is 11.8. The van der Waals surface area contributed by atoms with Gasteiger partial charge in [-0.05, 0) is 73.1 Å². The summed E-state index contributed by atoms with van der Waals surface area (Å²) in [5, 5.41) is 12.8. The van der Waals surface area contributed by atoms with Crippen LogP contribution in [0.15, 0.2) is 58.4 Å². The van der Waals surface area contributed by atoms with Gasteiger partial charge >= 0.3 is 16.8 Å². The van der Waals surface area contributed by atoms with Gasteiger partial charge in [-0.15, -0.1) is 11.8 Å². The van der Waals surface area contributed by atoms with Crippen LogP contribution in [0.3, 0.4) is 0 Å². The molecule has 0 spiro atoms. The fraction of sp³-hybridized carbons (Fsp3) is 0.375. The van der Waals surface area contributed by atoms with Crippen LogP contribution in [0, 0.1) is 29.6 Å². The van der Waals surface area contributed by atoms with Crippen molar-refractivity contribution in [2.24, 2.45) is 29.6 Å². The van der Waals surface area contributed by atoms with Gasteiger partial charge in [-0.1, -0.05) is 23.5 Å². The lowest BCUT2D eigenvalue weighted by Crippen LogP contribution is -2.42. The third-order valence-electron chi connectivity index (χ3n) is 9.40. The maximum atomic E-state index is 13.4. The molecule has 2 saturated carbocycles. The number of carboxylic acids is 1. The molecule has 1 saturated heterocycles. The molecule has 6 unspecified atom stereocenters. The molecule has 2 aliphatic carbocycles. The summed E-state index contributed by atoms with van der Waals surface area (Å²) < 4.78 is 10.7. The van der Waals surface area contributed by atoms with Crippen molar-refractivity contribution in [3.05, 3.63) is 74.2 Å². The van der Waals surface area contributed by atoms with Gasteiger partial charge in [0.15, 0.2) is 6.61 Å². The minimum atomic E-state index is -1.22. The number of carbonyl (C=O) groups is 5. The molecular weight excluding hydrogens is 634 g/mol. The molecule has 7 rings (SSSR count). The average Bonchev–Trinajstić information content (AvgIpc) is 3.77. The summed E-state index contributed by atoms with van der Waals surface area (Å²) in [5.74, 6) is -3.91. The Morgan fingerprint density at radius 2 is 1.70 bits per heavy atom. The van der Waals surface area contributed by atoms with E-state index in [9.17, 15) is 33.9 Å². The molecule has 3 fully saturated rings. The highest BCUT2D eigenvalue weighted by Crippen LogP contribution is 2.68. The van der Waals surface area contributed by atoms with Crippen LogP contribution in [0.1, 0.15) is 40.1 Å². The smallest absolute Gasteiger partial charge is 0.338 e. The number of rotatable bonds is 9. The number of carboxylic acid groups (broad SMARTS) is 1. The van der Waals surface area contributed by atoms with Gasteiger partial charge in [-0.25, -0.2) is 4.79 Å². The molecule has 3 N–H and O–H groups in total. The van der Waals surface area contributed by atoms with E-state index < -0.39 is 42.1 Å². The van der Waals surface area contributed by atoms with E-state index in [-0.39, 0.29) is 52.9 Å². The van der Waals surface area contributed by atoms with Crippen molar-refractivity contribution in [3.63, 3.8) is 0 Å². The number of carbonyl (C=O) groups excluding carboxylic acids is 4. The highest BCUT2D eigenvalue weighted by molar-refractivity contribution is 8.00. The number of esters is 1. The Balaban J connectivity index is 1.07. The number of amides is 3. The topological polar surface area (TPSA) is 172 Å². The van der Waals surface area contributed by atoms with Crippen LogP contribution in [0.2, 0.25) is 0 Å². The number of hydrogen-bond donors (Lipinski definition) is 3. The summed E-state index contributed by atoms with van der Waals surface area (Å²) in [6.45, 7) is 1.12. The second-order valence-corrected chi connectivity index (χ2v) is 14.0. The molecule has 3 aromatic rings. The van der Waals surface area contributed by atoms with E-state index in [0.717, 1.165) is 31.7 Å². The number of hydrogen-bond acceptors (Lipinski definition) is 10. The zero-order chi connectivity index (χ0) is 32.3. The summed E-state index contributed by atoms with van der Waals surface area (Å²) in [4.78, 5) is 79.4. The van der Waals surface area contributed by atoms with Gasteiger partial charge in [0.2, 0.25) is 11.8 Å². The first kappa shape index (κ1) is 30.2. The summed E-state index contributed by atoms with van der Waals surface area (Å²) in [7, 11) is 0. The van der Waals surface area contributed by atoms with Crippen molar-refractivity contribution in [1.29, 1.82) is 0 Å². The fourth-order valence-corrected chi connectivity index (χ4v) is 10.7. The summed E-state index contributed by atoms with van der Waals surface area (Å²) >= 11 is 2.71. The Bertz CT molecular complexity index is 1800. The van der Waals surface area contributed by atoms with Crippen molar-refractivity contribution >= 4 is 58.4 Å². The molecule has 1 aromatic heterocycles. The third kappa shape index (κ3) is 5.09. The van der Waals surface area contributed by atoms with Crippen LogP contribution in [-0.2, 0) is 23.9 Å². The Labute approximate surface area is 270 Å². The number of aromatic amines is 1. The normalized spacial score (nSPS) is 27.2. The molecule has 14 heteroatoms. The molecule has 2 bridgehead atoms. The van der Waals surface area contributed by atoms with Crippen molar-refractivity contribution in [2.45, 2.75) is 29.5 Å². The van der Waals surface area contributed by atoms with Gasteiger partial charge in [-0.3, -0.25) is 28.9 Å². The molecule has 12 nitrogen and oxygen atoms in total. The van der Waals surface area contributed by atoms with Crippen molar-refractivity contribution < 1.29 is 38.6 Å². The maximum Gasteiger partial charge on any atom is 0.338 e. The lowest BCUT2D eigenvalue weighted by molar-refractivity contribution is -0.149. The van der Waals surface area contributed by atoms with Gasteiger partial charge in [0, 0.05) is 21.7 Å². The summed E-state index contributed by atoms with van der Waals surface area (Å²) in [6.07, 6.45) is 0.702. The highest BCUT2D eigenvalue weighted by Gasteiger charge is 2.69. The van der Waals surface area contributed by atoms with E-state index in [0.29, 0.717) is 23.4 Å².